The Balaban J connectivity index is 2.78. The first-order valence-corrected chi connectivity index (χ1v) is 7.55. The molecule has 0 heterocycles. The molecule has 0 aliphatic heterocycles. The Morgan fingerprint density at radius 1 is 0.852 bits per heavy atom. The van der Waals surface area contributed by atoms with Gasteiger partial charge in [0.05, 0.1) is 0 Å². The van der Waals surface area contributed by atoms with Crippen molar-refractivity contribution in [3.8, 4) is 11.1 Å². The molecule has 2 N–H and O–H groups in total. The Bertz CT molecular complexity index is 847. The summed E-state index contributed by atoms with van der Waals surface area (Å²) in [6, 6.07) is 6.82. The van der Waals surface area contributed by atoms with E-state index in [1.54, 1.807) is 0 Å². The van der Waals surface area contributed by atoms with E-state index in [2.05, 4.69) is 0 Å². The fraction of sp³-hybridized carbons (Fsp3) is 0.278. The van der Waals surface area contributed by atoms with E-state index in [1.165, 1.54) is 38.1 Å². The number of aryl methyl sites for hydroxylation is 2. The van der Waals surface area contributed by atoms with Gasteiger partial charge in [0.25, 0.3) is 0 Å². The number of carbonyl (C=O) groups is 1. The molecule has 0 radical (unpaired) electrons. The Kier molecular flexibility index (Phi) is 5.02. The zero-order valence-electron chi connectivity index (χ0n) is 14.1. The zero-order valence-corrected chi connectivity index (χ0v) is 14.1. The molecule has 0 saturated carbocycles. The van der Waals surface area contributed by atoms with Crippen LogP contribution >= 0.6 is 0 Å². The molecule has 146 valence electrons. The van der Waals surface area contributed by atoms with Crippen LogP contribution in [0.1, 0.15) is 27.0 Å². The van der Waals surface area contributed by atoms with Crippen LogP contribution in [0.3, 0.4) is 0 Å². The number of nitrogens with two attached hydrogens (primary N) is 1. The molecule has 2 rings (SSSR count). The topological polar surface area (TPSA) is 43.1 Å². The van der Waals surface area contributed by atoms with Crippen molar-refractivity contribution in [2.24, 2.45) is 5.73 Å². The average molecular weight is 393 g/mol. The van der Waals surface area contributed by atoms with Gasteiger partial charge in [0.2, 0.25) is 5.91 Å². The number of amides is 1. The molecular weight excluding hydrogens is 379 g/mol. The predicted molar refractivity (Wildman–Crippen MR) is 84.8 cm³/mol. The summed E-state index contributed by atoms with van der Waals surface area (Å²) in [6.45, 7) is 2.47. The van der Waals surface area contributed by atoms with Crippen molar-refractivity contribution >= 4 is 5.91 Å². The monoisotopic (exact) mass is 393 g/mol. The summed E-state index contributed by atoms with van der Waals surface area (Å²) in [5.74, 6) is -0.820. The van der Waals surface area contributed by atoms with Gasteiger partial charge in [-0.05, 0) is 42.2 Å². The number of primary amides is 1. The lowest BCUT2D eigenvalue weighted by Gasteiger charge is -2.31. The van der Waals surface area contributed by atoms with Gasteiger partial charge in [0, 0.05) is 11.1 Å². The molecule has 0 atom stereocenters. The molecule has 0 unspecified atom stereocenters. The van der Waals surface area contributed by atoms with Gasteiger partial charge < -0.3 is 5.73 Å². The van der Waals surface area contributed by atoms with Crippen molar-refractivity contribution in [2.75, 3.05) is 0 Å². The summed E-state index contributed by atoms with van der Waals surface area (Å²) in [4.78, 5) is 11.6. The molecule has 2 nitrogen and oxygen atoms in total. The smallest absolute Gasteiger partial charge is 0.366 e. The number of hydrogen-bond donors (Lipinski definition) is 1. The third-order valence-corrected chi connectivity index (χ3v) is 4.17. The summed E-state index contributed by atoms with van der Waals surface area (Å²) in [5.41, 5.74) is -1.46. The number of hydrogen-bond acceptors (Lipinski definition) is 1. The molecule has 0 aromatic heterocycles. The molecule has 0 aliphatic rings. The second-order valence-electron chi connectivity index (χ2n) is 6.05. The summed E-state index contributed by atoms with van der Waals surface area (Å²) in [6.07, 6.45) is -12.4. The van der Waals surface area contributed by atoms with E-state index >= 15 is 0 Å². The maximum Gasteiger partial charge on any atom is 0.435 e. The van der Waals surface area contributed by atoms with E-state index in [1.807, 2.05) is 0 Å². The lowest BCUT2D eigenvalue weighted by Crippen LogP contribution is -2.50. The van der Waals surface area contributed by atoms with Crippen LogP contribution in [0.15, 0.2) is 36.4 Å². The second-order valence-corrected chi connectivity index (χ2v) is 6.05. The molecule has 0 spiro atoms. The third kappa shape index (κ3) is 3.38. The quantitative estimate of drug-likeness (QED) is 0.701. The van der Waals surface area contributed by atoms with Crippen LogP contribution in [0.5, 0.6) is 0 Å². The highest BCUT2D eigenvalue weighted by atomic mass is 19.4. The van der Waals surface area contributed by atoms with Gasteiger partial charge in [-0.2, -0.15) is 26.3 Å². The van der Waals surface area contributed by atoms with Crippen LogP contribution in [0.25, 0.3) is 11.1 Å². The van der Waals surface area contributed by atoms with Crippen molar-refractivity contribution in [1.82, 2.24) is 0 Å². The first-order valence-electron chi connectivity index (χ1n) is 7.55. The van der Waals surface area contributed by atoms with Crippen molar-refractivity contribution in [2.45, 2.75) is 31.9 Å². The highest BCUT2D eigenvalue weighted by Crippen LogP contribution is 2.54. The summed E-state index contributed by atoms with van der Waals surface area (Å²) in [5, 5.41) is 0. The molecule has 1 amide bonds. The van der Waals surface area contributed by atoms with Crippen LogP contribution in [-0.4, -0.2) is 18.3 Å². The minimum Gasteiger partial charge on any atom is -0.366 e. The predicted octanol–water partition coefficient (Wildman–Crippen LogP) is 5.36. The van der Waals surface area contributed by atoms with Gasteiger partial charge >= 0.3 is 18.0 Å². The molecule has 27 heavy (non-hydrogen) atoms. The minimum atomic E-state index is -6.20. The highest BCUT2D eigenvalue weighted by Gasteiger charge is 2.73. The second kappa shape index (κ2) is 6.54. The van der Waals surface area contributed by atoms with E-state index < -0.39 is 29.5 Å². The van der Waals surface area contributed by atoms with Crippen LogP contribution in [0.2, 0.25) is 0 Å². The molecule has 2 aromatic carbocycles. The van der Waals surface area contributed by atoms with E-state index in [0.29, 0.717) is 12.1 Å². The summed E-state index contributed by atoms with van der Waals surface area (Å²) >= 11 is 0. The van der Waals surface area contributed by atoms with Gasteiger partial charge in [-0.25, -0.2) is 4.39 Å². The minimum absolute atomic E-state index is 0.0367. The highest BCUT2D eigenvalue weighted by molar-refractivity contribution is 6.00. The van der Waals surface area contributed by atoms with Gasteiger partial charge in [-0.1, -0.05) is 30.3 Å². The van der Waals surface area contributed by atoms with Crippen molar-refractivity contribution in [3.63, 3.8) is 0 Å². The lowest BCUT2D eigenvalue weighted by atomic mass is 9.85. The van der Waals surface area contributed by atoms with Gasteiger partial charge in [-0.3, -0.25) is 4.79 Å². The average Bonchev–Trinajstić information content (AvgIpc) is 2.51. The number of alkyl halides is 7. The Hall–Kier alpha value is -2.58. The van der Waals surface area contributed by atoms with Gasteiger partial charge in [-0.15, -0.1) is 0 Å². The first-order chi connectivity index (χ1) is 12.2. The number of carbonyl (C=O) groups excluding carboxylic acids is 1. The van der Waals surface area contributed by atoms with Crippen LogP contribution in [-0.2, 0) is 5.67 Å². The molecule has 0 aliphatic carbocycles. The summed E-state index contributed by atoms with van der Waals surface area (Å²) in [7, 11) is 0. The number of rotatable bonds is 3. The lowest BCUT2D eigenvalue weighted by molar-refractivity contribution is -0.348. The SMILES string of the molecule is Cc1cc(C(F)(C(F)(F)F)C(F)(F)F)cc(C)c1-c1ccccc1C(N)=O. The largest absolute Gasteiger partial charge is 0.435 e. The van der Waals surface area contributed by atoms with E-state index in [9.17, 15) is 35.5 Å². The zero-order chi connectivity index (χ0) is 20.8. The normalized spacial score (nSPS) is 12.9. The Morgan fingerprint density at radius 2 is 1.30 bits per heavy atom. The fourth-order valence-corrected chi connectivity index (χ4v) is 2.99. The maximum atomic E-state index is 14.3. The Labute approximate surface area is 149 Å². The van der Waals surface area contributed by atoms with Crippen molar-refractivity contribution < 1.29 is 35.5 Å². The molecule has 0 saturated heterocycles. The maximum absolute atomic E-state index is 14.3. The molecule has 2 aromatic rings. The van der Waals surface area contributed by atoms with Crippen molar-refractivity contribution in [1.29, 1.82) is 0 Å². The van der Waals surface area contributed by atoms with Crippen LogP contribution in [0, 0.1) is 13.8 Å². The van der Waals surface area contributed by atoms with E-state index in [4.69, 9.17) is 5.73 Å². The molecule has 9 heteroatoms. The van der Waals surface area contributed by atoms with Crippen molar-refractivity contribution in [3.05, 3.63) is 58.7 Å². The standard InChI is InChI=1S/C18H14F7NO/c1-9-7-11(16(19,17(20,21)22)18(23,24)25)8-10(2)14(9)12-5-3-4-6-13(12)15(26)27/h3-8H,1-2H3,(H2,26,27). The fourth-order valence-electron chi connectivity index (χ4n) is 2.99. The molecular formula is C18H14F7NO. The third-order valence-electron chi connectivity index (χ3n) is 4.17. The van der Waals surface area contributed by atoms with Crippen LogP contribution < -0.4 is 5.73 Å². The number of benzene rings is 2. The van der Waals surface area contributed by atoms with Gasteiger partial charge in [0.15, 0.2) is 0 Å². The summed E-state index contributed by atoms with van der Waals surface area (Å²) < 4.78 is 92.2. The van der Waals surface area contributed by atoms with Crippen LogP contribution in [0.4, 0.5) is 30.7 Å². The molecule has 0 bridgehead atoms. The van der Waals surface area contributed by atoms with E-state index in [0.717, 1.165) is 0 Å². The number of halogens is 7. The van der Waals surface area contributed by atoms with Gasteiger partial charge in [0.1, 0.15) is 0 Å². The Morgan fingerprint density at radius 3 is 1.70 bits per heavy atom. The van der Waals surface area contributed by atoms with E-state index in [-0.39, 0.29) is 27.8 Å². The molecule has 0 fully saturated rings. The first kappa shape index (κ1) is 20.7.